The van der Waals surface area contributed by atoms with E-state index in [2.05, 4.69) is 15.9 Å². The highest BCUT2D eigenvalue weighted by Gasteiger charge is 2.39. The molecule has 2 heterocycles. The number of rotatable bonds is 4. The Balaban J connectivity index is 1.91. The number of ether oxygens (including phenoxy) is 2. The smallest absolute Gasteiger partial charge is 0.353 e. The molecular formula is C20H18BrNO4S3. The van der Waals surface area contributed by atoms with Crippen LogP contribution in [-0.2, 0) is 4.79 Å². The van der Waals surface area contributed by atoms with Crippen molar-refractivity contribution in [1.29, 1.82) is 0 Å². The van der Waals surface area contributed by atoms with Gasteiger partial charge in [0.05, 0.1) is 16.5 Å². The minimum absolute atomic E-state index is 0.129. The van der Waals surface area contributed by atoms with Crippen LogP contribution in [0.4, 0.5) is 0 Å². The monoisotopic (exact) mass is 511 g/mol. The maximum atomic E-state index is 12.8. The molecule has 1 fully saturated rings. The second kappa shape index (κ2) is 8.59. The molecule has 0 unspecified atom stereocenters. The number of nitrogens with zero attached hydrogens (tertiary/aromatic N) is 1. The SMILES string of the molecule is COc1cc(/C=C2/SC(=S)N(C(C)(C)C)C2=O)cc(Br)c1OC(=O)c1cccs1. The van der Waals surface area contributed by atoms with Gasteiger partial charge in [-0.05, 0) is 71.9 Å². The van der Waals surface area contributed by atoms with Crippen molar-refractivity contribution in [1.82, 2.24) is 4.90 Å². The molecule has 152 valence electrons. The van der Waals surface area contributed by atoms with E-state index >= 15 is 0 Å². The zero-order chi connectivity index (χ0) is 21.3. The Bertz CT molecular complexity index is 1010. The van der Waals surface area contributed by atoms with E-state index in [0.29, 0.717) is 24.3 Å². The van der Waals surface area contributed by atoms with Gasteiger partial charge in [-0.25, -0.2) is 4.79 Å². The minimum atomic E-state index is -0.460. The second-order valence-electron chi connectivity index (χ2n) is 7.09. The first kappa shape index (κ1) is 22.0. The van der Waals surface area contributed by atoms with Crippen molar-refractivity contribution in [2.45, 2.75) is 26.3 Å². The highest BCUT2D eigenvalue weighted by Crippen LogP contribution is 2.40. The maximum Gasteiger partial charge on any atom is 0.353 e. The van der Waals surface area contributed by atoms with E-state index < -0.39 is 11.5 Å². The third-order valence-electron chi connectivity index (χ3n) is 3.93. The number of halogens is 1. The number of hydrogen-bond donors (Lipinski definition) is 0. The molecule has 29 heavy (non-hydrogen) atoms. The van der Waals surface area contributed by atoms with E-state index in [1.165, 1.54) is 30.2 Å². The molecule has 0 saturated carbocycles. The fourth-order valence-corrected chi connectivity index (χ4v) is 5.43. The van der Waals surface area contributed by atoms with Gasteiger partial charge in [0.2, 0.25) is 0 Å². The Kier molecular flexibility index (Phi) is 6.52. The van der Waals surface area contributed by atoms with Gasteiger partial charge in [0.25, 0.3) is 5.91 Å². The maximum absolute atomic E-state index is 12.8. The van der Waals surface area contributed by atoms with Gasteiger partial charge in [0.1, 0.15) is 9.20 Å². The summed E-state index contributed by atoms with van der Waals surface area (Å²) in [6, 6.07) is 6.96. The Labute approximate surface area is 191 Å². The second-order valence-corrected chi connectivity index (χ2v) is 10.6. The van der Waals surface area contributed by atoms with Crippen LogP contribution in [0.3, 0.4) is 0 Å². The summed E-state index contributed by atoms with van der Waals surface area (Å²) in [5.74, 6) is 0.0701. The fourth-order valence-electron chi connectivity index (χ4n) is 2.66. The molecule has 0 spiro atoms. The lowest BCUT2D eigenvalue weighted by molar-refractivity contribution is -0.125. The molecule has 1 saturated heterocycles. The van der Waals surface area contributed by atoms with Gasteiger partial charge in [-0.3, -0.25) is 9.69 Å². The summed E-state index contributed by atoms with van der Waals surface area (Å²) in [4.78, 5) is 27.7. The van der Waals surface area contributed by atoms with Crippen molar-refractivity contribution in [3.63, 3.8) is 0 Å². The van der Waals surface area contributed by atoms with Crippen LogP contribution in [0.5, 0.6) is 11.5 Å². The number of hydrogen-bond acceptors (Lipinski definition) is 7. The number of thioether (sulfide) groups is 1. The first-order valence-corrected chi connectivity index (χ1v) is 11.4. The van der Waals surface area contributed by atoms with E-state index in [-0.39, 0.29) is 11.7 Å². The van der Waals surface area contributed by atoms with Gasteiger partial charge in [-0.1, -0.05) is 30.0 Å². The average Bonchev–Trinajstić information content (AvgIpc) is 3.25. The molecule has 1 aromatic carbocycles. The molecule has 0 bridgehead atoms. The first-order chi connectivity index (χ1) is 13.6. The molecule has 1 aliphatic heterocycles. The lowest BCUT2D eigenvalue weighted by atomic mass is 10.1. The lowest BCUT2D eigenvalue weighted by Gasteiger charge is -2.30. The van der Waals surface area contributed by atoms with Gasteiger partial charge in [0, 0.05) is 5.54 Å². The molecule has 0 N–H and O–H groups in total. The van der Waals surface area contributed by atoms with Crippen molar-refractivity contribution >= 4 is 73.5 Å². The molecule has 2 aromatic rings. The van der Waals surface area contributed by atoms with E-state index in [9.17, 15) is 9.59 Å². The Morgan fingerprint density at radius 2 is 2.03 bits per heavy atom. The molecule has 0 radical (unpaired) electrons. The molecule has 5 nitrogen and oxygen atoms in total. The van der Waals surface area contributed by atoms with Crippen LogP contribution >= 0.6 is 51.2 Å². The Hall–Kier alpha value is -1.68. The predicted molar refractivity (Wildman–Crippen MR) is 125 cm³/mol. The minimum Gasteiger partial charge on any atom is -0.493 e. The molecular weight excluding hydrogens is 494 g/mol. The summed E-state index contributed by atoms with van der Waals surface area (Å²) in [5, 5.41) is 1.81. The van der Waals surface area contributed by atoms with Crippen LogP contribution in [0.2, 0.25) is 0 Å². The summed E-state index contributed by atoms with van der Waals surface area (Å²) >= 11 is 11.4. The highest BCUT2D eigenvalue weighted by molar-refractivity contribution is 9.10. The van der Waals surface area contributed by atoms with E-state index in [0.717, 1.165) is 5.56 Å². The largest absolute Gasteiger partial charge is 0.493 e. The van der Waals surface area contributed by atoms with E-state index in [1.54, 1.807) is 40.6 Å². The van der Waals surface area contributed by atoms with E-state index in [4.69, 9.17) is 21.7 Å². The standard InChI is InChI=1S/C20H18BrNO4S3/c1-20(2,3)22-17(23)15(29-19(22)27)10-11-8-12(21)16(13(9-11)25-4)26-18(24)14-6-5-7-28-14/h5-10H,1-4H3/b15-10+. The van der Waals surface area contributed by atoms with Crippen LogP contribution in [0, 0.1) is 0 Å². The summed E-state index contributed by atoms with van der Waals surface area (Å²) in [6.45, 7) is 5.82. The zero-order valence-electron chi connectivity index (χ0n) is 16.1. The summed E-state index contributed by atoms with van der Waals surface area (Å²) in [7, 11) is 1.49. The third kappa shape index (κ3) is 4.74. The summed E-state index contributed by atoms with van der Waals surface area (Å²) in [5.41, 5.74) is 0.327. The lowest BCUT2D eigenvalue weighted by Crippen LogP contribution is -2.44. The molecule has 1 aromatic heterocycles. The average molecular weight is 512 g/mol. The summed E-state index contributed by atoms with van der Waals surface area (Å²) < 4.78 is 12.0. The van der Waals surface area contributed by atoms with Crippen LogP contribution < -0.4 is 9.47 Å². The molecule has 0 aliphatic carbocycles. The molecule has 1 amide bonds. The Morgan fingerprint density at radius 3 is 2.59 bits per heavy atom. The quantitative estimate of drug-likeness (QED) is 0.226. The van der Waals surface area contributed by atoms with Gasteiger partial charge >= 0.3 is 5.97 Å². The first-order valence-electron chi connectivity index (χ1n) is 8.53. The molecule has 1 aliphatic rings. The zero-order valence-corrected chi connectivity index (χ0v) is 20.2. The number of benzene rings is 1. The number of thiophene rings is 1. The van der Waals surface area contributed by atoms with Gasteiger partial charge in [-0.15, -0.1) is 11.3 Å². The number of carbonyl (C=O) groups is 2. The van der Waals surface area contributed by atoms with Gasteiger partial charge in [0.15, 0.2) is 11.5 Å². The van der Waals surface area contributed by atoms with Crippen molar-refractivity contribution < 1.29 is 19.1 Å². The number of methoxy groups -OCH3 is 1. The summed E-state index contributed by atoms with van der Waals surface area (Å²) in [6.07, 6.45) is 1.75. The van der Waals surface area contributed by atoms with Crippen molar-refractivity contribution in [3.05, 3.63) is 49.5 Å². The molecule has 0 atom stereocenters. The van der Waals surface area contributed by atoms with Crippen LogP contribution in [0.15, 0.2) is 39.0 Å². The number of thiocarbonyl (C=S) groups is 1. The van der Waals surface area contributed by atoms with Crippen LogP contribution in [-0.4, -0.2) is 33.7 Å². The number of carbonyl (C=O) groups excluding carboxylic acids is 2. The van der Waals surface area contributed by atoms with Crippen molar-refractivity contribution in [2.24, 2.45) is 0 Å². The topological polar surface area (TPSA) is 55.8 Å². The van der Waals surface area contributed by atoms with Crippen molar-refractivity contribution in [2.75, 3.05) is 7.11 Å². The number of amides is 1. The van der Waals surface area contributed by atoms with E-state index in [1.807, 2.05) is 20.8 Å². The predicted octanol–water partition coefficient (Wildman–Crippen LogP) is 5.74. The molecule has 9 heteroatoms. The number of esters is 1. The van der Waals surface area contributed by atoms with Crippen LogP contribution in [0.1, 0.15) is 36.0 Å². The highest BCUT2D eigenvalue weighted by atomic mass is 79.9. The van der Waals surface area contributed by atoms with Gasteiger partial charge < -0.3 is 9.47 Å². The molecule has 3 rings (SSSR count). The van der Waals surface area contributed by atoms with Gasteiger partial charge in [-0.2, -0.15) is 0 Å². The third-order valence-corrected chi connectivity index (χ3v) is 6.67. The normalized spacial score (nSPS) is 15.9. The Morgan fingerprint density at radius 1 is 1.31 bits per heavy atom. The van der Waals surface area contributed by atoms with Crippen LogP contribution in [0.25, 0.3) is 6.08 Å². The van der Waals surface area contributed by atoms with Crippen molar-refractivity contribution in [3.8, 4) is 11.5 Å². The fraction of sp³-hybridized carbons (Fsp3) is 0.250.